The van der Waals surface area contributed by atoms with Gasteiger partial charge in [-0.25, -0.2) is 0 Å². The average molecular weight is 584 g/mol. The molecule has 0 aromatic carbocycles. The van der Waals surface area contributed by atoms with Gasteiger partial charge in [0, 0.05) is 0 Å². The third-order valence-corrected chi connectivity index (χ3v) is 8.48. The van der Waals surface area contributed by atoms with Crippen LogP contribution in [0.2, 0.25) is 0 Å². The lowest BCUT2D eigenvalue weighted by Gasteiger charge is -2.16. The lowest BCUT2D eigenvalue weighted by atomic mass is 10.1. The third kappa shape index (κ3) is 36.9. The molecule has 0 heterocycles. The van der Waals surface area contributed by atoms with Crippen molar-refractivity contribution < 1.29 is 0 Å². The Morgan fingerprint density at radius 3 is 0.881 bits per heavy atom. The van der Waals surface area contributed by atoms with Crippen LogP contribution in [-0.4, -0.2) is 25.0 Å². The van der Waals surface area contributed by atoms with Crippen LogP contribution in [0.25, 0.3) is 0 Å². The molecule has 0 fully saturated rings. The first kappa shape index (κ1) is 40.9. The molecule has 0 N–H and O–H groups in total. The molecule has 0 saturated heterocycles. The molecule has 0 saturated carbocycles. The Morgan fingerprint density at radius 1 is 0.310 bits per heavy atom. The van der Waals surface area contributed by atoms with Crippen LogP contribution in [0.3, 0.4) is 0 Å². The molecule has 0 aromatic rings. The van der Waals surface area contributed by atoms with Gasteiger partial charge in [-0.05, 0) is 97.2 Å². The summed E-state index contributed by atoms with van der Waals surface area (Å²) in [6, 6.07) is 0. The third-order valence-electron chi connectivity index (χ3n) is 8.48. The largest absolute Gasteiger partial charge is 0.306 e. The highest BCUT2D eigenvalue weighted by atomic mass is 15.1. The van der Waals surface area contributed by atoms with Crippen molar-refractivity contribution in [1.29, 1.82) is 0 Å². The van der Waals surface area contributed by atoms with E-state index in [1.165, 1.54) is 180 Å². The molecule has 0 aliphatic carbocycles. The van der Waals surface area contributed by atoms with Crippen LogP contribution in [0.5, 0.6) is 0 Å². The second-order valence-electron chi connectivity index (χ2n) is 12.9. The van der Waals surface area contributed by atoms with Gasteiger partial charge in [-0.15, -0.1) is 0 Å². The van der Waals surface area contributed by atoms with Crippen molar-refractivity contribution >= 4 is 0 Å². The highest BCUT2D eigenvalue weighted by Crippen LogP contribution is 2.12. The minimum atomic E-state index is 1.12. The Kier molecular flexibility index (Phi) is 37.0. The van der Waals surface area contributed by atoms with Gasteiger partial charge in [0.25, 0.3) is 0 Å². The number of allylic oxidation sites excluding steroid dienone is 8. The molecule has 42 heavy (non-hydrogen) atoms. The molecule has 0 aliphatic heterocycles. The molecule has 0 aromatic heterocycles. The molecule has 1 nitrogen and oxygen atoms in total. The quantitative estimate of drug-likeness (QED) is 0.0538. The van der Waals surface area contributed by atoms with E-state index in [-0.39, 0.29) is 0 Å². The van der Waals surface area contributed by atoms with Crippen LogP contribution in [0.15, 0.2) is 48.6 Å². The van der Waals surface area contributed by atoms with E-state index in [0.717, 1.165) is 12.8 Å². The molecular weight excluding hydrogens is 506 g/mol. The summed E-state index contributed by atoms with van der Waals surface area (Å²) in [5.74, 6) is 0. The number of nitrogens with zero attached hydrogens (tertiary/aromatic N) is 1. The van der Waals surface area contributed by atoms with E-state index in [9.17, 15) is 0 Å². The zero-order valence-electron chi connectivity index (χ0n) is 29.3. The first-order valence-corrected chi connectivity index (χ1v) is 19.1. The predicted octanol–water partition coefficient (Wildman–Crippen LogP) is 14.1. The van der Waals surface area contributed by atoms with E-state index in [4.69, 9.17) is 0 Å². The van der Waals surface area contributed by atoms with E-state index in [1.54, 1.807) is 0 Å². The van der Waals surface area contributed by atoms with Crippen molar-refractivity contribution in [2.45, 2.75) is 194 Å². The number of hydrogen-bond donors (Lipinski definition) is 0. The fourth-order valence-corrected chi connectivity index (χ4v) is 5.56. The summed E-state index contributed by atoms with van der Waals surface area (Å²) in [5.41, 5.74) is 0. The topological polar surface area (TPSA) is 3.24 Å². The standard InChI is InChI=1S/C41H77N/c1-4-6-8-10-12-14-16-18-20-22-24-26-28-30-32-34-36-38-40-42(3)41-39-37-35-33-31-29-27-25-23-21-19-17-15-13-11-9-7-5-2/h12-15,18-21H,4-11,16-17,22-41H2,1-3H3/b14-12+,15-13+,20-18+,21-19+. The lowest BCUT2D eigenvalue weighted by Crippen LogP contribution is -2.20. The second-order valence-corrected chi connectivity index (χ2v) is 12.9. The van der Waals surface area contributed by atoms with Gasteiger partial charge in [-0.1, -0.05) is 165 Å². The smallest absolute Gasteiger partial charge is 0.00218 e. The average Bonchev–Trinajstić information content (AvgIpc) is 3.00. The Hall–Kier alpha value is -1.08. The summed E-state index contributed by atoms with van der Waals surface area (Å²) in [5, 5.41) is 0. The van der Waals surface area contributed by atoms with E-state index >= 15 is 0 Å². The maximum absolute atomic E-state index is 2.57. The van der Waals surface area contributed by atoms with Crippen molar-refractivity contribution in [1.82, 2.24) is 4.90 Å². The second kappa shape index (κ2) is 37.9. The van der Waals surface area contributed by atoms with Gasteiger partial charge in [0.15, 0.2) is 0 Å². The van der Waals surface area contributed by atoms with Crippen LogP contribution in [-0.2, 0) is 0 Å². The highest BCUT2D eigenvalue weighted by Gasteiger charge is 1.99. The van der Waals surface area contributed by atoms with Gasteiger partial charge in [0.1, 0.15) is 0 Å². The van der Waals surface area contributed by atoms with Crippen LogP contribution < -0.4 is 0 Å². The number of unbranched alkanes of at least 4 members (excludes halogenated alkanes) is 22. The minimum absolute atomic E-state index is 1.12. The lowest BCUT2D eigenvalue weighted by molar-refractivity contribution is 0.314. The Bertz CT molecular complexity index is 546. The number of rotatable bonds is 34. The van der Waals surface area contributed by atoms with Gasteiger partial charge in [0.2, 0.25) is 0 Å². The Labute approximate surface area is 266 Å². The maximum Gasteiger partial charge on any atom is -0.00218 e. The van der Waals surface area contributed by atoms with E-state index in [2.05, 4.69) is 74.4 Å². The Morgan fingerprint density at radius 2 is 0.571 bits per heavy atom. The summed E-state index contributed by atoms with van der Waals surface area (Å²) in [6.45, 7) is 7.14. The summed E-state index contributed by atoms with van der Waals surface area (Å²) in [4.78, 5) is 2.57. The van der Waals surface area contributed by atoms with Crippen molar-refractivity contribution in [2.24, 2.45) is 0 Å². The van der Waals surface area contributed by atoms with Crippen LogP contribution in [0.4, 0.5) is 0 Å². The molecule has 246 valence electrons. The van der Waals surface area contributed by atoms with E-state index in [0.29, 0.717) is 0 Å². The van der Waals surface area contributed by atoms with Crippen molar-refractivity contribution in [3.05, 3.63) is 48.6 Å². The van der Waals surface area contributed by atoms with Gasteiger partial charge in [-0.2, -0.15) is 0 Å². The molecule has 0 spiro atoms. The first-order chi connectivity index (χ1) is 20.8. The zero-order valence-corrected chi connectivity index (χ0v) is 29.3. The van der Waals surface area contributed by atoms with Gasteiger partial charge in [0.05, 0.1) is 0 Å². The predicted molar refractivity (Wildman–Crippen MR) is 195 cm³/mol. The van der Waals surface area contributed by atoms with Crippen molar-refractivity contribution in [3.8, 4) is 0 Å². The summed E-state index contributed by atoms with van der Waals surface area (Å²) >= 11 is 0. The summed E-state index contributed by atoms with van der Waals surface area (Å²) in [6.07, 6.45) is 57.0. The van der Waals surface area contributed by atoms with Crippen LogP contribution >= 0.6 is 0 Å². The van der Waals surface area contributed by atoms with Gasteiger partial charge >= 0.3 is 0 Å². The molecule has 0 radical (unpaired) electrons. The SMILES string of the molecule is CCCCC/C=C/C/C=C/CCCCCCCCCCN(C)CCCCCCCCCC/C=C/C/C=C/CCCCC. The molecule has 1 heteroatoms. The Balaban J connectivity index is 3.26. The van der Waals surface area contributed by atoms with Gasteiger partial charge < -0.3 is 4.90 Å². The normalized spacial score (nSPS) is 12.5. The molecule has 0 atom stereocenters. The fraction of sp³-hybridized carbons (Fsp3) is 0.805. The molecule has 0 aliphatic rings. The minimum Gasteiger partial charge on any atom is -0.306 e. The van der Waals surface area contributed by atoms with E-state index in [1.807, 2.05) is 0 Å². The van der Waals surface area contributed by atoms with Crippen LogP contribution in [0, 0.1) is 0 Å². The highest BCUT2D eigenvalue weighted by molar-refractivity contribution is 4.93. The zero-order chi connectivity index (χ0) is 30.4. The monoisotopic (exact) mass is 584 g/mol. The first-order valence-electron chi connectivity index (χ1n) is 19.1. The molecule has 0 unspecified atom stereocenters. The number of hydrogen-bond acceptors (Lipinski definition) is 1. The summed E-state index contributed by atoms with van der Waals surface area (Å²) < 4.78 is 0. The van der Waals surface area contributed by atoms with Crippen molar-refractivity contribution in [2.75, 3.05) is 20.1 Å². The van der Waals surface area contributed by atoms with Gasteiger partial charge in [-0.3, -0.25) is 0 Å². The molecule has 0 bridgehead atoms. The maximum atomic E-state index is 2.57. The van der Waals surface area contributed by atoms with Crippen LogP contribution in [0.1, 0.15) is 194 Å². The van der Waals surface area contributed by atoms with Crippen molar-refractivity contribution in [3.63, 3.8) is 0 Å². The fourth-order valence-electron chi connectivity index (χ4n) is 5.56. The molecular formula is C41H77N. The summed E-state index contributed by atoms with van der Waals surface area (Å²) in [7, 11) is 2.33. The molecule has 0 amide bonds. The molecule has 0 rings (SSSR count). The van der Waals surface area contributed by atoms with E-state index < -0.39 is 0 Å².